The first-order valence-electron chi connectivity index (χ1n) is 6.50. The fraction of sp³-hybridized carbons (Fsp3) is 0.143. The summed E-state index contributed by atoms with van der Waals surface area (Å²) >= 11 is 8.96. The molecule has 1 aromatic carbocycles. The molecule has 0 saturated carbocycles. The third-order valence-electron chi connectivity index (χ3n) is 3.02. The van der Waals surface area contributed by atoms with Crippen LogP contribution in [0, 0.1) is 6.92 Å². The zero-order valence-corrected chi connectivity index (χ0v) is 14.6. The zero-order chi connectivity index (χ0) is 16.4. The number of nitrogens with zero attached hydrogens (tertiary/aromatic N) is 3. The quantitative estimate of drug-likeness (QED) is 0.552. The highest BCUT2D eigenvalue weighted by molar-refractivity contribution is 8.00. The molecular weight excluding hydrogens is 356 g/mol. The maximum atomic E-state index is 12.6. The highest BCUT2D eigenvalue weighted by atomic mass is 35.5. The van der Waals surface area contributed by atoms with Crippen LogP contribution in [0.25, 0.3) is 11.3 Å². The lowest BCUT2D eigenvalue weighted by atomic mass is 10.1. The number of amides is 1. The van der Waals surface area contributed by atoms with Crippen LogP contribution in [-0.2, 0) is 0 Å². The van der Waals surface area contributed by atoms with E-state index in [1.807, 2.05) is 18.4 Å². The maximum absolute atomic E-state index is 12.6. The van der Waals surface area contributed by atoms with Gasteiger partial charge < -0.3 is 4.52 Å². The molecule has 0 unspecified atom stereocenters. The Bertz CT molecular complexity index is 862. The molecule has 3 rings (SSSR count). The summed E-state index contributed by atoms with van der Waals surface area (Å²) in [4.78, 5) is 12.6. The molecule has 0 spiro atoms. The van der Waals surface area contributed by atoms with Gasteiger partial charge in [-0.1, -0.05) is 58.1 Å². The van der Waals surface area contributed by atoms with Gasteiger partial charge in [0.05, 0.1) is 5.02 Å². The topological polar surface area (TPSA) is 80.9 Å². The van der Waals surface area contributed by atoms with Crippen molar-refractivity contribution in [2.45, 2.75) is 11.3 Å². The Morgan fingerprint density at radius 1 is 1.35 bits per heavy atom. The Hall–Kier alpha value is -1.90. The fourth-order valence-corrected chi connectivity index (χ4v) is 3.37. The summed E-state index contributed by atoms with van der Waals surface area (Å²) in [5.41, 5.74) is 1.37. The highest BCUT2D eigenvalue weighted by Crippen LogP contribution is 2.32. The second-order valence-electron chi connectivity index (χ2n) is 4.47. The van der Waals surface area contributed by atoms with E-state index in [0.29, 0.717) is 32.7 Å². The van der Waals surface area contributed by atoms with Crippen molar-refractivity contribution in [3.63, 3.8) is 0 Å². The third kappa shape index (κ3) is 3.24. The molecule has 23 heavy (non-hydrogen) atoms. The number of benzene rings is 1. The van der Waals surface area contributed by atoms with Crippen molar-refractivity contribution >= 4 is 45.7 Å². The molecule has 1 N–H and O–H groups in total. The third-order valence-corrected chi connectivity index (χ3v) is 5.16. The Morgan fingerprint density at radius 3 is 2.83 bits per heavy atom. The van der Waals surface area contributed by atoms with E-state index in [4.69, 9.17) is 16.1 Å². The van der Waals surface area contributed by atoms with E-state index in [1.165, 1.54) is 23.1 Å². The molecule has 0 atom stereocenters. The van der Waals surface area contributed by atoms with E-state index in [-0.39, 0.29) is 5.91 Å². The van der Waals surface area contributed by atoms with Gasteiger partial charge in [0.15, 0.2) is 4.34 Å². The summed E-state index contributed by atoms with van der Waals surface area (Å²) in [6.07, 6.45) is 1.89. The average molecular weight is 367 g/mol. The fourth-order valence-electron chi connectivity index (χ4n) is 1.98. The van der Waals surface area contributed by atoms with Crippen molar-refractivity contribution in [1.82, 2.24) is 15.4 Å². The van der Waals surface area contributed by atoms with Crippen LogP contribution in [0.5, 0.6) is 0 Å². The van der Waals surface area contributed by atoms with Gasteiger partial charge in [-0.3, -0.25) is 10.1 Å². The molecule has 9 heteroatoms. The molecule has 0 fully saturated rings. The molecule has 0 bridgehead atoms. The number of hydrogen-bond acceptors (Lipinski definition) is 7. The van der Waals surface area contributed by atoms with Crippen molar-refractivity contribution in [2.24, 2.45) is 0 Å². The number of thioether (sulfide) groups is 1. The highest BCUT2D eigenvalue weighted by Gasteiger charge is 2.23. The van der Waals surface area contributed by atoms with Crippen LogP contribution >= 0.6 is 34.7 Å². The van der Waals surface area contributed by atoms with Gasteiger partial charge in [0.25, 0.3) is 5.91 Å². The minimum absolute atomic E-state index is 0.332. The first-order valence-corrected chi connectivity index (χ1v) is 8.92. The first-order chi connectivity index (χ1) is 11.1. The molecule has 118 valence electrons. The van der Waals surface area contributed by atoms with Gasteiger partial charge in [-0.25, -0.2) is 0 Å². The van der Waals surface area contributed by atoms with Crippen LogP contribution in [0.4, 0.5) is 5.13 Å². The summed E-state index contributed by atoms with van der Waals surface area (Å²) in [5.74, 6) is 0.0505. The standard InChI is InChI=1S/C14H11ClN4O2S2/c1-7-10(12(20)16-13-17-18-14(22-2)23-13)11(19-21-7)8-5-3-4-6-9(8)15/h3-6H,1-2H3,(H,16,17,20). The summed E-state index contributed by atoms with van der Waals surface area (Å²) in [5, 5.41) is 15.5. The van der Waals surface area contributed by atoms with Crippen LogP contribution in [0.3, 0.4) is 0 Å². The van der Waals surface area contributed by atoms with E-state index in [2.05, 4.69) is 20.7 Å². The molecule has 0 aliphatic carbocycles. The van der Waals surface area contributed by atoms with Crippen molar-refractivity contribution < 1.29 is 9.32 Å². The molecule has 1 amide bonds. The van der Waals surface area contributed by atoms with Gasteiger partial charge in [-0.05, 0) is 19.2 Å². The largest absolute Gasteiger partial charge is 0.360 e. The summed E-state index contributed by atoms with van der Waals surface area (Å²) in [7, 11) is 0. The van der Waals surface area contributed by atoms with E-state index in [0.717, 1.165) is 4.34 Å². The first kappa shape index (κ1) is 16.0. The van der Waals surface area contributed by atoms with Crippen molar-refractivity contribution in [3.05, 3.63) is 40.6 Å². The monoisotopic (exact) mass is 366 g/mol. The zero-order valence-electron chi connectivity index (χ0n) is 12.2. The maximum Gasteiger partial charge on any atom is 0.263 e. The molecule has 0 saturated heterocycles. The molecule has 0 aliphatic rings. The van der Waals surface area contributed by atoms with Crippen LogP contribution in [0.1, 0.15) is 16.1 Å². The molecule has 0 aliphatic heterocycles. The van der Waals surface area contributed by atoms with Gasteiger partial charge in [-0.2, -0.15) is 0 Å². The van der Waals surface area contributed by atoms with E-state index >= 15 is 0 Å². The van der Waals surface area contributed by atoms with Crippen molar-refractivity contribution in [3.8, 4) is 11.3 Å². The molecule has 3 aromatic rings. The summed E-state index contributed by atoms with van der Waals surface area (Å²) in [6.45, 7) is 1.68. The lowest BCUT2D eigenvalue weighted by molar-refractivity contribution is 0.102. The van der Waals surface area contributed by atoms with Crippen molar-refractivity contribution in [1.29, 1.82) is 0 Å². The number of rotatable bonds is 4. The van der Waals surface area contributed by atoms with Crippen LogP contribution in [0.15, 0.2) is 33.1 Å². The van der Waals surface area contributed by atoms with Gasteiger partial charge in [-0.15, -0.1) is 10.2 Å². The number of anilines is 1. The predicted octanol–water partition coefficient (Wildman–Crippen LogP) is 4.13. The van der Waals surface area contributed by atoms with Crippen LogP contribution in [0.2, 0.25) is 5.02 Å². The van der Waals surface area contributed by atoms with Gasteiger partial charge >= 0.3 is 0 Å². The normalized spacial score (nSPS) is 10.7. The number of halogens is 1. The van der Waals surface area contributed by atoms with E-state index < -0.39 is 0 Å². The SMILES string of the molecule is CSc1nnc(NC(=O)c2c(-c3ccccc3Cl)noc2C)s1. The summed E-state index contributed by atoms with van der Waals surface area (Å²) < 4.78 is 5.96. The van der Waals surface area contributed by atoms with E-state index in [9.17, 15) is 4.79 Å². The number of hydrogen-bond donors (Lipinski definition) is 1. The van der Waals surface area contributed by atoms with Gasteiger partial charge in [0, 0.05) is 5.56 Å². The predicted molar refractivity (Wildman–Crippen MR) is 91.3 cm³/mol. The van der Waals surface area contributed by atoms with Gasteiger partial charge in [0.1, 0.15) is 17.0 Å². The molecular formula is C14H11ClN4O2S2. The Kier molecular flexibility index (Phi) is 4.65. The lowest BCUT2D eigenvalue weighted by Crippen LogP contribution is -2.13. The Balaban J connectivity index is 1.95. The van der Waals surface area contributed by atoms with Gasteiger partial charge in [0.2, 0.25) is 5.13 Å². The molecule has 2 aromatic heterocycles. The van der Waals surface area contributed by atoms with E-state index in [1.54, 1.807) is 19.1 Å². The van der Waals surface area contributed by atoms with Crippen molar-refractivity contribution in [2.75, 3.05) is 11.6 Å². The second-order valence-corrected chi connectivity index (χ2v) is 6.91. The minimum Gasteiger partial charge on any atom is -0.360 e. The molecule has 6 nitrogen and oxygen atoms in total. The Labute approximate surface area is 145 Å². The average Bonchev–Trinajstić information content (AvgIpc) is 3.14. The smallest absolute Gasteiger partial charge is 0.263 e. The van der Waals surface area contributed by atoms with Crippen LogP contribution in [-0.4, -0.2) is 27.5 Å². The Morgan fingerprint density at radius 2 is 2.13 bits per heavy atom. The number of carbonyl (C=O) groups excluding carboxylic acids is 1. The number of nitrogens with one attached hydrogen (secondary N) is 1. The number of aryl methyl sites for hydroxylation is 1. The number of carbonyl (C=O) groups is 1. The second kappa shape index (κ2) is 6.69. The molecule has 0 radical (unpaired) electrons. The summed E-state index contributed by atoms with van der Waals surface area (Å²) in [6, 6.07) is 7.15. The minimum atomic E-state index is -0.359. The lowest BCUT2D eigenvalue weighted by Gasteiger charge is -2.04. The number of aromatic nitrogens is 3. The van der Waals surface area contributed by atoms with Crippen LogP contribution < -0.4 is 5.32 Å². The molecule has 2 heterocycles.